The average Bonchev–Trinajstić information content (AvgIpc) is 2.30. The van der Waals surface area contributed by atoms with E-state index in [0.29, 0.717) is 0 Å². The molecular formula is C10H15BrOS. The lowest BCUT2D eigenvalue weighted by Gasteiger charge is -2.22. The first-order chi connectivity index (χ1) is 5.90. The molecule has 1 aromatic heterocycles. The van der Waals surface area contributed by atoms with Gasteiger partial charge in [-0.2, -0.15) is 11.3 Å². The highest BCUT2D eigenvalue weighted by atomic mass is 79.9. The van der Waals surface area contributed by atoms with Crippen molar-refractivity contribution in [1.82, 2.24) is 0 Å². The Labute approximate surface area is 91.9 Å². The lowest BCUT2D eigenvalue weighted by Crippen LogP contribution is -2.11. The summed E-state index contributed by atoms with van der Waals surface area (Å²) in [6.45, 7) is 6.41. The molecule has 74 valence electrons. The minimum Gasteiger partial charge on any atom is -0.388 e. The molecule has 0 fully saturated rings. The normalized spacial score (nSPS) is 14.5. The lowest BCUT2D eigenvalue weighted by molar-refractivity contribution is 0.122. The van der Waals surface area contributed by atoms with Crippen LogP contribution in [0.2, 0.25) is 0 Å². The van der Waals surface area contributed by atoms with Crippen LogP contribution in [0.15, 0.2) is 15.2 Å². The summed E-state index contributed by atoms with van der Waals surface area (Å²) in [6.07, 6.45) is 0.447. The van der Waals surface area contributed by atoms with Crippen molar-refractivity contribution in [2.24, 2.45) is 5.41 Å². The molecule has 13 heavy (non-hydrogen) atoms. The maximum Gasteiger partial charge on any atom is 0.0814 e. The molecule has 0 bridgehead atoms. The monoisotopic (exact) mass is 262 g/mol. The minimum absolute atomic E-state index is 0.167. The van der Waals surface area contributed by atoms with Crippen LogP contribution in [0.25, 0.3) is 0 Å². The summed E-state index contributed by atoms with van der Waals surface area (Å²) < 4.78 is 1.02. The van der Waals surface area contributed by atoms with Crippen LogP contribution in [0.5, 0.6) is 0 Å². The molecule has 0 saturated heterocycles. The molecule has 0 saturated carbocycles. The van der Waals surface area contributed by atoms with Gasteiger partial charge in [-0.3, -0.25) is 0 Å². The van der Waals surface area contributed by atoms with E-state index in [1.807, 2.05) is 10.8 Å². The van der Waals surface area contributed by atoms with Crippen LogP contribution < -0.4 is 0 Å². The van der Waals surface area contributed by atoms with E-state index in [4.69, 9.17) is 0 Å². The predicted molar refractivity (Wildman–Crippen MR) is 61.1 cm³/mol. The van der Waals surface area contributed by atoms with Gasteiger partial charge in [-0.05, 0) is 33.1 Å². The maximum atomic E-state index is 9.90. The van der Waals surface area contributed by atoms with Crippen LogP contribution >= 0.6 is 27.3 Å². The van der Waals surface area contributed by atoms with Gasteiger partial charge in [0.15, 0.2) is 0 Å². The summed E-state index contributed by atoms with van der Waals surface area (Å²) in [5.41, 5.74) is 1.18. The zero-order valence-electron chi connectivity index (χ0n) is 8.17. The maximum absolute atomic E-state index is 9.90. The fourth-order valence-corrected chi connectivity index (χ4v) is 2.83. The zero-order valence-corrected chi connectivity index (χ0v) is 10.6. The smallest absolute Gasteiger partial charge is 0.0814 e. The van der Waals surface area contributed by atoms with E-state index in [2.05, 4.69) is 36.7 Å². The second-order valence-corrected chi connectivity index (χ2v) is 6.05. The second-order valence-electron chi connectivity index (χ2n) is 4.46. The molecule has 1 aromatic rings. The van der Waals surface area contributed by atoms with Crippen molar-refractivity contribution < 1.29 is 5.11 Å². The van der Waals surface area contributed by atoms with Crippen molar-refractivity contribution in [3.63, 3.8) is 0 Å². The first kappa shape index (κ1) is 11.2. The third-order valence-corrected chi connectivity index (χ3v) is 3.56. The summed E-state index contributed by atoms with van der Waals surface area (Å²) in [4.78, 5) is 0. The fourth-order valence-electron chi connectivity index (χ4n) is 1.22. The highest BCUT2D eigenvalue weighted by molar-refractivity contribution is 9.10. The number of hydrogen-bond donors (Lipinski definition) is 1. The predicted octanol–water partition coefficient (Wildman–Crippen LogP) is 3.98. The van der Waals surface area contributed by atoms with Crippen molar-refractivity contribution in [2.75, 3.05) is 0 Å². The highest BCUT2D eigenvalue weighted by Gasteiger charge is 2.19. The molecular weight excluding hydrogens is 248 g/mol. The van der Waals surface area contributed by atoms with E-state index in [9.17, 15) is 5.11 Å². The molecule has 0 spiro atoms. The Kier molecular flexibility index (Phi) is 3.55. The number of hydrogen-bond acceptors (Lipinski definition) is 2. The fraction of sp³-hybridized carbons (Fsp3) is 0.600. The molecule has 1 N–H and O–H groups in total. The molecule has 1 atom stereocenters. The SMILES string of the molecule is CC(C)(C)CC(O)c1cscc1Br. The second kappa shape index (κ2) is 4.11. The Morgan fingerprint density at radius 2 is 2.08 bits per heavy atom. The van der Waals surface area contributed by atoms with Gasteiger partial charge in [0.2, 0.25) is 0 Å². The van der Waals surface area contributed by atoms with Crippen LogP contribution in [0.4, 0.5) is 0 Å². The summed E-state index contributed by atoms with van der Waals surface area (Å²) >= 11 is 5.04. The van der Waals surface area contributed by atoms with Gasteiger partial charge in [-0.15, -0.1) is 0 Å². The van der Waals surface area contributed by atoms with Crippen molar-refractivity contribution >= 4 is 27.3 Å². The van der Waals surface area contributed by atoms with Crippen LogP contribution in [-0.4, -0.2) is 5.11 Å². The molecule has 1 heterocycles. The zero-order chi connectivity index (χ0) is 10.1. The number of aliphatic hydroxyl groups excluding tert-OH is 1. The van der Waals surface area contributed by atoms with Crippen molar-refractivity contribution in [2.45, 2.75) is 33.3 Å². The molecule has 0 aromatic carbocycles. The molecule has 3 heteroatoms. The van der Waals surface area contributed by atoms with E-state index in [0.717, 1.165) is 16.5 Å². The summed E-state index contributed by atoms with van der Waals surface area (Å²) in [7, 11) is 0. The summed E-state index contributed by atoms with van der Waals surface area (Å²) in [6, 6.07) is 0. The van der Waals surface area contributed by atoms with Crippen molar-refractivity contribution in [1.29, 1.82) is 0 Å². The van der Waals surface area contributed by atoms with Gasteiger partial charge in [0, 0.05) is 15.4 Å². The number of rotatable bonds is 2. The number of halogens is 1. The Balaban J connectivity index is 2.69. The molecule has 0 aliphatic heterocycles. The van der Waals surface area contributed by atoms with Crippen LogP contribution in [0.3, 0.4) is 0 Å². The van der Waals surface area contributed by atoms with Crippen LogP contribution in [-0.2, 0) is 0 Å². The van der Waals surface area contributed by atoms with E-state index in [1.54, 1.807) is 11.3 Å². The molecule has 1 unspecified atom stereocenters. The molecule has 1 nitrogen and oxygen atoms in total. The quantitative estimate of drug-likeness (QED) is 0.855. The van der Waals surface area contributed by atoms with Gasteiger partial charge < -0.3 is 5.11 Å². The van der Waals surface area contributed by atoms with Gasteiger partial charge in [0.05, 0.1) is 6.10 Å². The van der Waals surface area contributed by atoms with Crippen LogP contribution in [0, 0.1) is 5.41 Å². The first-order valence-electron chi connectivity index (χ1n) is 4.30. The third-order valence-electron chi connectivity index (χ3n) is 1.81. The van der Waals surface area contributed by atoms with Gasteiger partial charge in [0.1, 0.15) is 0 Å². The van der Waals surface area contributed by atoms with E-state index >= 15 is 0 Å². The molecule has 0 aliphatic carbocycles. The Morgan fingerprint density at radius 3 is 2.46 bits per heavy atom. The van der Waals surface area contributed by atoms with Gasteiger partial charge >= 0.3 is 0 Å². The molecule has 1 rings (SSSR count). The largest absolute Gasteiger partial charge is 0.388 e. The average molecular weight is 263 g/mol. The number of thiophene rings is 1. The lowest BCUT2D eigenvalue weighted by atomic mass is 9.87. The van der Waals surface area contributed by atoms with Gasteiger partial charge in [-0.25, -0.2) is 0 Å². The molecule has 0 aliphatic rings. The Bertz CT molecular complexity index is 275. The summed E-state index contributed by atoms with van der Waals surface area (Å²) in [5, 5.41) is 13.9. The van der Waals surface area contributed by atoms with Crippen molar-refractivity contribution in [3.05, 3.63) is 20.8 Å². The van der Waals surface area contributed by atoms with Gasteiger partial charge in [0.25, 0.3) is 0 Å². The standard InChI is InChI=1S/C10H15BrOS/c1-10(2,3)4-9(12)7-5-13-6-8(7)11/h5-6,9,12H,4H2,1-3H3. The van der Waals surface area contributed by atoms with E-state index < -0.39 is 0 Å². The highest BCUT2D eigenvalue weighted by Crippen LogP contribution is 2.34. The van der Waals surface area contributed by atoms with E-state index in [1.165, 1.54) is 0 Å². The number of aliphatic hydroxyl groups is 1. The Morgan fingerprint density at radius 1 is 1.46 bits per heavy atom. The van der Waals surface area contributed by atoms with E-state index in [-0.39, 0.29) is 11.5 Å². The first-order valence-corrected chi connectivity index (χ1v) is 6.03. The Hall–Kier alpha value is 0.140. The van der Waals surface area contributed by atoms with Crippen LogP contribution in [0.1, 0.15) is 38.9 Å². The van der Waals surface area contributed by atoms with Crippen molar-refractivity contribution in [3.8, 4) is 0 Å². The third kappa shape index (κ3) is 3.41. The summed E-state index contributed by atoms with van der Waals surface area (Å²) in [5.74, 6) is 0. The van der Waals surface area contributed by atoms with Gasteiger partial charge in [-0.1, -0.05) is 20.8 Å². The molecule has 0 radical (unpaired) electrons. The topological polar surface area (TPSA) is 20.2 Å². The minimum atomic E-state index is -0.347. The molecule has 0 amide bonds.